The highest BCUT2D eigenvalue weighted by atomic mass is 79.9. The van der Waals surface area contributed by atoms with Crippen molar-refractivity contribution < 1.29 is 0 Å². The number of anilines is 2. The molecule has 0 spiro atoms. The Morgan fingerprint density at radius 1 is 1.21 bits per heavy atom. The van der Waals surface area contributed by atoms with Crippen LogP contribution in [0.5, 0.6) is 0 Å². The molecule has 0 saturated heterocycles. The maximum absolute atomic E-state index is 6.06. The molecular formula is C14H12BrClN2S. The summed E-state index contributed by atoms with van der Waals surface area (Å²) in [6, 6.07) is 11.6. The van der Waals surface area contributed by atoms with E-state index in [9.17, 15) is 0 Å². The van der Waals surface area contributed by atoms with Crippen LogP contribution < -0.4 is 11.1 Å². The molecule has 0 aliphatic heterocycles. The second-order valence-corrected chi connectivity index (χ2v) is 5.85. The molecule has 0 aliphatic carbocycles. The van der Waals surface area contributed by atoms with Gasteiger partial charge in [-0.05, 0) is 64.8 Å². The van der Waals surface area contributed by atoms with Gasteiger partial charge in [0.1, 0.15) is 4.99 Å². The van der Waals surface area contributed by atoms with Crippen molar-refractivity contribution in [3.8, 4) is 0 Å². The van der Waals surface area contributed by atoms with Crippen LogP contribution in [-0.2, 0) is 0 Å². The van der Waals surface area contributed by atoms with Gasteiger partial charge in [-0.2, -0.15) is 0 Å². The fraction of sp³-hybridized carbons (Fsp3) is 0.0714. The smallest absolute Gasteiger partial charge is 0.104 e. The summed E-state index contributed by atoms with van der Waals surface area (Å²) >= 11 is 14.4. The lowest BCUT2D eigenvalue weighted by Crippen LogP contribution is -2.11. The van der Waals surface area contributed by atoms with E-state index in [1.54, 1.807) is 0 Å². The van der Waals surface area contributed by atoms with Gasteiger partial charge in [-0.15, -0.1) is 0 Å². The van der Waals surface area contributed by atoms with Crippen LogP contribution >= 0.6 is 39.7 Å². The number of nitrogens with two attached hydrogens (primary N) is 1. The Morgan fingerprint density at radius 3 is 2.42 bits per heavy atom. The van der Waals surface area contributed by atoms with Gasteiger partial charge in [0.25, 0.3) is 0 Å². The predicted octanol–water partition coefficient (Wildman–Crippen LogP) is 4.79. The van der Waals surface area contributed by atoms with Crippen molar-refractivity contribution >= 4 is 56.1 Å². The van der Waals surface area contributed by atoms with Crippen LogP contribution in [0, 0.1) is 6.92 Å². The Bertz CT molecular complexity index is 643. The van der Waals surface area contributed by atoms with Crippen molar-refractivity contribution in [3.05, 3.63) is 57.0 Å². The van der Waals surface area contributed by atoms with Gasteiger partial charge in [0.2, 0.25) is 0 Å². The minimum Gasteiger partial charge on any atom is -0.389 e. The van der Waals surface area contributed by atoms with Gasteiger partial charge < -0.3 is 11.1 Å². The van der Waals surface area contributed by atoms with Gasteiger partial charge in [0, 0.05) is 21.4 Å². The fourth-order valence-corrected chi connectivity index (χ4v) is 2.41. The number of hydrogen-bond donors (Lipinski definition) is 2. The molecule has 19 heavy (non-hydrogen) atoms. The standard InChI is InChI=1S/C14H12BrClN2S/c1-8-6-9(2-4-11(8)14(17)19)18-10-3-5-12(15)13(16)7-10/h2-7,18H,1H3,(H2,17,19). The second kappa shape index (κ2) is 5.90. The van der Waals surface area contributed by atoms with Gasteiger partial charge in [-0.25, -0.2) is 0 Å². The van der Waals surface area contributed by atoms with Crippen LogP contribution in [0.1, 0.15) is 11.1 Å². The van der Waals surface area contributed by atoms with Crippen LogP contribution in [0.4, 0.5) is 11.4 Å². The van der Waals surface area contributed by atoms with Crippen molar-refractivity contribution in [1.82, 2.24) is 0 Å². The molecule has 5 heteroatoms. The zero-order valence-electron chi connectivity index (χ0n) is 10.2. The summed E-state index contributed by atoms with van der Waals surface area (Å²) in [5.74, 6) is 0. The van der Waals surface area contributed by atoms with E-state index >= 15 is 0 Å². The molecule has 2 aromatic carbocycles. The molecular weight excluding hydrogens is 344 g/mol. The van der Waals surface area contributed by atoms with Crippen LogP contribution in [0.3, 0.4) is 0 Å². The summed E-state index contributed by atoms with van der Waals surface area (Å²) in [5.41, 5.74) is 9.48. The summed E-state index contributed by atoms with van der Waals surface area (Å²) in [4.78, 5) is 0.413. The first-order chi connectivity index (χ1) is 8.97. The summed E-state index contributed by atoms with van der Waals surface area (Å²) in [6.07, 6.45) is 0. The molecule has 0 saturated carbocycles. The lowest BCUT2D eigenvalue weighted by Gasteiger charge is -2.10. The van der Waals surface area contributed by atoms with E-state index < -0.39 is 0 Å². The lowest BCUT2D eigenvalue weighted by molar-refractivity contribution is 1.42. The molecule has 0 bridgehead atoms. The molecule has 0 fully saturated rings. The van der Waals surface area contributed by atoms with Gasteiger partial charge in [-0.3, -0.25) is 0 Å². The average molecular weight is 356 g/mol. The minimum absolute atomic E-state index is 0.413. The molecule has 0 amide bonds. The van der Waals surface area contributed by atoms with Gasteiger partial charge in [0.15, 0.2) is 0 Å². The van der Waals surface area contributed by atoms with E-state index in [-0.39, 0.29) is 0 Å². The van der Waals surface area contributed by atoms with Crippen LogP contribution in [0.2, 0.25) is 5.02 Å². The molecule has 0 aromatic heterocycles. The van der Waals surface area contributed by atoms with E-state index in [4.69, 9.17) is 29.6 Å². The summed E-state index contributed by atoms with van der Waals surface area (Å²) in [7, 11) is 0. The second-order valence-electron chi connectivity index (χ2n) is 4.15. The number of nitrogens with one attached hydrogen (secondary N) is 1. The third-order valence-corrected chi connectivity index (χ3v) is 4.15. The van der Waals surface area contributed by atoms with Crippen LogP contribution in [0.25, 0.3) is 0 Å². The monoisotopic (exact) mass is 354 g/mol. The summed E-state index contributed by atoms with van der Waals surface area (Å²) in [6.45, 7) is 1.98. The molecule has 0 unspecified atom stereocenters. The van der Waals surface area contributed by atoms with E-state index in [2.05, 4.69) is 21.2 Å². The number of thiocarbonyl (C=S) groups is 1. The maximum atomic E-state index is 6.06. The Balaban J connectivity index is 2.26. The zero-order valence-corrected chi connectivity index (χ0v) is 13.4. The van der Waals surface area contributed by atoms with E-state index in [1.807, 2.05) is 43.3 Å². The fourth-order valence-electron chi connectivity index (χ4n) is 1.76. The first-order valence-electron chi connectivity index (χ1n) is 5.60. The first kappa shape index (κ1) is 14.3. The Hall–Kier alpha value is -1.10. The molecule has 0 aliphatic rings. The third-order valence-electron chi connectivity index (χ3n) is 2.70. The highest BCUT2D eigenvalue weighted by molar-refractivity contribution is 9.10. The van der Waals surface area contributed by atoms with E-state index in [0.29, 0.717) is 10.0 Å². The van der Waals surface area contributed by atoms with Crippen molar-refractivity contribution in [2.24, 2.45) is 5.73 Å². The van der Waals surface area contributed by atoms with Gasteiger partial charge in [0.05, 0.1) is 5.02 Å². The number of rotatable bonds is 3. The van der Waals surface area contributed by atoms with E-state index in [0.717, 1.165) is 27.0 Å². The van der Waals surface area contributed by atoms with Gasteiger partial charge in [-0.1, -0.05) is 23.8 Å². The molecule has 0 heterocycles. The average Bonchev–Trinajstić information content (AvgIpc) is 2.33. The summed E-state index contributed by atoms with van der Waals surface area (Å²) in [5, 5.41) is 3.96. The number of aryl methyl sites for hydroxylation is 1. The topological polar surface area (TPSA) is 38.0 Å². The zero-order chi connectivity index (χ0) is 14.0. The molecule has 2 aromatic rings. The lowest BCUT2D eigenvalue weighted by atomic mass is 10.1. The molecule has 2 nitrogen and oxygen atoms in total. The SMILES string of the molecule is Cc1cc(Nc2ccc(Br)c(Cl)c2)ccc1C(N)=S. The van der Waals surface area contributed by atoms with Crippen molar-refractivity contribution in [2.75, 3.05) is 5.32 Å². The normalized spacial score (nSPS) is 10.3. The number of benzene rings is 2. The van der Waals surface area contributed by atoms with Crippen LogP contribution in [0.15, 0.2) is 40.9 Å². The van der Waals surface area contributed by atoms with Crippen LogP contribution in [-0.4, -0.2) is 4.99 Å². The maximum Gasteiger partial charge on any atom is 0.104 e. The Labute approximate surface area is 131 Å². The quantitative estimate of drug-likeness (QED) is 0.778. The van der Waals surface area contributed by atoms with Crippen molar-refractivity contribution in [2.45, 2.75) is 6.92 Å². The molecule has 0 atom stereocenters. The van der Waals surface area contributed by atoms with Crippen molar-refractivity contribution in [3.63, 3.8) is 0 Å². The highest BCUT2D eigenvalue weighted by Crippen LogP contribution is 2.27. The molecule has 3 N–H and O–H groups in total. The van der Waals surface area contributed by atoms with Crippen molar-refractivity contribution in [1.29, 1.82) is 0 Å². The molecule has 98 valence electrons. The predicted molar refractivity (Wildman–Crippen MR) is 89.5 cm³/mol. The first-order valence-corrected chi connectivity index (χ1v) is 7.18. The minimum atomic E-state index is 0.413. The number of hydrogen-bond acceptors (Lipinski definition) is 2. The Morgan fingerprint density at radius 2 is 1.84 bits per heavy atom. The largest absolute Gasteiger partial charge is 0.389 e. The molecule has 2 rings (SSSR count). The molecule has 0 radical (unpaired) electrons. The highest BCUT2D eigenvalue weighted by Gasteiger charge is 2.04. The number of halogens is 2. The third kappa shape index (κ3) is 3.47. The summed E-state index contributed by atoms with van der Waals surface area (Å²) < 4.78 is 0.875. The Kier molecular flexibility index (Phi) is 4.45. The van der Waals surface area contributed by atoms with E-state index in [1.165, 1.54) is 0 Å². The van der Waals surface area contributed by atoms with Gasteiger partial charge >= 0.3 is 0 Å².